The van der Waals surface area contributed by atoms with Crippen molar-refractivity contribution >= 4 is 28.9 Å². The first kappa shape index (κ1) is 17.0. The average molecular weight is 335 g/mol. The molecule has 2 rings (SSSR count). The Labute approximate surface area is 140 Å². The summed E-state index contributed by atoms with van der Waals surface area (Å²) in [6.07, 6.45) is 0.322. The molecule has 2 aromatic rings. The van der Waals surface area contributed by atoms with Crippen LogP contribution in [0.15, 0.2) is 42.5 Å². The van der Waals surface area contributed by atoms with E-state index < -0.39 is 0 Å². The summed E-state index contributed by atoms with van der Waals surface area (Å²) in [5, 5.41) is 6.46. The Morgan fingerprint density at radius 1 is 1.09 bits per heavy atom. The van der Waals surface area contributed by atoms with E-state index in [2.05, 4.69) is 10.6 Å². The summed E-state index contributed by atoms with van der Waals surface area (Å²) < 4.78 is 10.5. The fourth-order valence-corrected chi connectivity index (χ4v) is 2.29. The van der Waals surface area contributed by atoms with Crippen molar-refractivity contribution < 1.29 is 14.3 Å². The van der Waals surface area contributed by atoms with Gasteiger partial charge in [0.2, 0.25) is 5.91 Å². The second-order valence-corrected chi connectivity index (χ2v) is 5.19. The van der Waals surface area contributed by atoms with Gasteiger partial charge in [-0.05, 0) is 12.1 Å². The number of carbonyl (C=O) groups is 1. The molecule has 122 valence electrons. The molecule has 0 aromatic heterocycles. The second kappa shape index (κ2) is 8.29. The molecular weight excluding hydrogens is 316 g/mol. The molecule has 23 heavy (non-hydrogen) atoms. The molecule has 0 heterocycles. The molecule has 0 bridgehead atoms. The Balaban J connectivity index is 1.92. The average Bonchev–Trinajstić information content (AvgIpc) is 2.56. The number of methoxy groups -OCH3 is 2. The molecule has 0 aliphatic carbocycles. The molecule has 6 heteroatoms. The fourth-order valence-electron chi connectivity index (χ4n) is 2.05. The van der Waals surface area contributed by atoms with E-state index >= 15 is 0 Å². The highest BCUT2D eigenvalue weighted by Gasteiger charge is 2.10. The quantitative estimate of drug-likeness (QED) is 0.808. The lowest BCUT2D eigenvalue weighted by Crippen LogP contribution is -2.16. The minimum Gasteiger partial charge on any atom is -0.495 e. The molecule has 0 fully saturated rings. The molecule has 0 aliphatic rings. The number of anilines is 2. The van der Waals surface area contributed by atoms with E-state index in [-0.39, 0.29) is 5.91 Å². The van der Waals surface area contributed by atoms with Crippen molar-refractivity contribution in [1.29, 1.82) is 0 Å². The minimum absolute atomic E-state index is 0.0661. The normalized spacial score (nSPS) is 10.0. The summed E-state index contributed by atoms with van der Waals surface area (Å²) in [7, 11) is 3.11. The van der Waals surface area contributed by atoms with Crippen LogP contribution < -0.4 is 20.1 Å². The van der Waals surface area contributed by atoms with Crippen LogP contribution in [-0.2, 0) is 4.79 Å². The van der Waals surface area contributed by atoms with Crippen LogP contribution in [0.1, 0.15) is 6.42 Å². The van der Waals surface area contributed by atoms with Crippen LogP contribution in [0.5, 0.6) is 11.5 Å². The first-order valence-electron chi connectivity index (χ1n) is 7.14. The zero-order valence-corrected chi connectivity index (χ0v) is 13.8. The van der Waals surface area contributed by atoms with Gasteiger partial charge in [-0.1, -0.05) is 29.8 Å². The summed E-state index contributed by atoms with van der Waals surface area (Å²) in [6.45, 7) is 0.458. The van der Waals surface area contributed by atoms with Gasteiger partial charge in [-0.2, -0.15) is 0 Å². The third-order valence-electron chi connectivity index (χ3n) is 3.20. The maximum atomic E-state index is 11.9. The summed E-state index contributed by atoms with van der Waals surface area (Å²) in [6, 6.07) is 12.8. The highest BCUT2D eigenvalue weighted by Crippen LogP contribution is 2.35. The van der Waals surface area contributed by atoms with E-state index in [1.807, 2.05) is 30.3 Å². The number of amides is 1. The van der Waals surface area contributed by atoms with Crippen molar-refractivity contribution in [2.75, 3.05) is 31.4 Å². The zero-order chi connectivity index (χ0) is 16.7. The van der Waals surface area contributed by atoms with E-state index in [1.54, 1.807) is 26.4 Å². The standard InChI is InChI=1S/C17H19ClN2O3/c1-22-15-11-14(16(23-2)10-13(15)18)19-9-8-17(21)20-12-6-4-3-5-7-12/h3-7,10-11,19H,8-9H2,1-2H3,(H,20,21). The molecule has 0 atom stereocenters. The SMILES string of the molecule is COc1cc(NCCC(=O)Nc2ccccc2)c(OC)cc1Cl. The van der Waals surface area contributed by atoms with Gasteiger partial charge in [0.05, 0.1) is 24.9 Å². The molecule has 2 aromatic carbocycles. The third kappa shape index (κ3) is 4.79. The highest BCUT2D eigenvalue weighted by molar-refractivity contribution is 6.32. The van der Waals surface area contributed by atoms with Crippen LogP contribution in [0.2, 0.25) is 5.02 Å². The Kier molecular flexibility index (Phi) is 6.11. The van der Waals surface area contributed by atoms with Crippen molar-refractivity contribution in [3.05, 3.63) is 47.5 Å². The molecule has 0 radical (unpaired) electrons. The van der Waals surface area contributed by atoms with Gasteiger partial charge in [0.15, 0.2) is 0 Å². The van der Waals surface area contributed by atoms with E-state index in [4.69, 9.17) is 21.1 Å². The highest BCUT2D eigenvalue weighted by atomic mass is 35.5. The number of ether oxygens (including phenoxy) is 2. The molecule has 0 saturated heterocycles. The number of rotatable bonds is 7. The molecule has 0 spiro atoms. The maximum Gasteiger partial charge on any atom is 0.226 e. The van der Waals surface area contributed by atoms with Gasteiger partial charge in [-0.3, -0.25) is 4.79 Å². The van der Waals surface area contributed by atoms with Gasteiger partial charge < -0.3 is 20.1 Å². The number of halogens is 1. The number of hydrogen-bond acceptors (Lipinski definition) is 4. The Bertz CT molecular complexity index is 662. The Morgan fingerprint density at radius 2 is 1.78 bits per heavy atom. The summed E-state index contributed by atoms with van der Waals surface area (Å²) >= 11 is 6.06. The van der Waals surface area contributed by atoms with Gasteiger partial charge in [-0.15, -0.1) is 0 Å². The monoisotopic (exact) mass is 334 g/mol. The summed E-state index contributed by atoms with van der Waals surface area (Å²) in [5.41, 5.74) is 1.50. The van der Waals surface area contributed by atoms with Crippen LogP contribution in [0.4, 0.5) is 11.4 Å². The lowest BCUT2D eigenvalue weighted by molar-refractivity contribution is -0.115. The first-order chi connectivity index (χ1) is 11.1. The van der Waals surface area contributed by atoms with E-state index in [0.717, 1.165) is 11.4 Å². The number of hydrogen-bond donors (Lipinski definition) is 2. The van der Waals surface area contributed by atoms with Gasteiger partial charge in [0.1, 0.15) is 11.5 Å². The topological polar surface area (TPSA) is 59.6 Å². The molecule has 0 saturated carbocycles. The van der Waals surface area contributed by atoms with Gasteiger partial charge >= 0.3 is 0 Å². The zero-order valence-electron chi connectivity index (χ0n) is 13.1. The van der Waals surface area contributed by atoms with Crippen molar-refractivity contribution in [1.82, 2.24) is 0 Å². The van der Waals surface area contributed by atoms with Crippen molar-refractivity contribution in [3.63, 3.8) is 0 Å². The number of carbonyl (C=O) groups excluding carboxylic acids is 1. The Hall–Kier alpha value is -2.40. The summed E-state index contributed by atoms with van der Waals surface area (Å²) in [5.74, 6) is 1.08. The van der Waals surface area contributed by atoms with Crippen LogP contribution in [0.25, 0.3) is 0 Å². The lowest BCUT2D eigenvalue weighted by Gasteiger charge is -2.14. The smallest absolute Gasteiger partial charge is 0.226 e. The minimum atomic E-state index is -0.0661. The summed E-state index contributed by atoms with van der Waals surface area (Å²) in [4.78, 5) is 11.9. The maximum absolute atomic E-state index is 11.9. The first-order valence-corrected chi connectivity index (χ1v) is 7.52. The van der Waals surface area contributed by atoms with Crippen molar-refractivity contribution in [2.24, 2.45) is 0 Å². The predicted molar refractivity (Wildman–Crippen MR) is 92.7 cm³/mol. The van der Waals surface area contributed by atoms with Gasteiger partial charge in [-0.25, -0.2) is 0 Å². The van der Waals surface area contributed by atoms with E-state index in [1.165, 1.54) is 0 Å². The van der Waals surface area contributed by atoms with Crippen molar-refractivity contribution in [2.45, 2.75) is 6.42 Å². The van der Waals surface area contributed by atoms with E-state index in [9.17, 15) is 4.79 Å². The third-order valence-corrected chi connectivity index (χ3v) is 3.49. The molecule has 0 unspecified atom stereocenters. The molecule has 2 N–H and O–H groups in total. The Morgan fingerprint density at radius 3 is 2.43 bits per heavy atom. The number of para-hydroxylation sites is 1. The van der Waals surface area contributed by atoms with Gasteiger partial charge in [0, 0.05) is 30.8 Å². The van der Waals surface area contributed by atoms with Crippen LogP contribution >= 0.6 is 11.6 Å². The van der Waals surface area contributed by atoms with Crippen LogP contribution in [0, 0.1) is 0 Å². The predicted octanol–water partition coefficient (Wildman–Crippen LogP) is 3.80. The largest absolute Gasteiger partial charge is 0.495 e. The van der Waals surface area contributed by atoms with Crippen LogP contribution in [-0.4, -0.2) is 26.7 Å². The van der Waals surface area contributed by atoms with E-state index in [0.29, 0.717) is 29.5 Å². The number of benzene rings is 2. The van der Waals surface area contributed by atoms with Crippen LogP contribution in [0.3, 0.4) is 0 Å². The van der Waals surface area contributed by atoms with Crippen molar-refractivity contribution in [3.8, 4) is 11.5 Å². The van der Waals surface area contributed by atoms with Gasteiger partial charge in [0.25, 0.3) is 0 Å². The lowest BCUT2D eigenvalue weighted by atomic mass is 10.2. The molecular formula is C17H19ClN2O3. The fraction of sp³-hybridized carbons (Fsp3) is 0.235. The molecule has 5 nitrogen and oxygen atoms in total. The molecule has 1 amide bonds. The molecule has 0 aliphatic heterocycles. The number of nitrogens with one attached hydrogen (secondary N) is 2. The second-order valence-electron chi connectivity index (χ2n) is 4.78.